The number of ether oxygens (including phenoxy) is 2. The summed E-state index contributed by atoms with van der Waals surface area (Å²) >= 11 is 0. The molecule has 0 aliphatic heterocycles. The lowest BCUT2D eigenvalue weighted by Crippen LogP contribution is -2.20. The van der Waals surface area contributed by atoms with Gasteiger partial charge in [-0.1, -0.05) is 39.0 Å². The van der Waals surface area contributed by atoms with Gasteiger partial charge in [-0.05, 0) is 60.0 Å². The van der Waals surface area contributed by atoms with Crippen LogP contribution in [0.2, 0.25) is 0 Å². The number of carbonyl (C=O) groups is 1. The molecule has 2 heterocycles. The molecule has 0 radical (unpaired) electrons. The highest BCUT2D eigenvalue weighted by Crippen LogP contribution is 2.35. The summed E-state index contributed by atoms with van der Waals surface area (Å²) in [6.07, 6.45) is 3.23. The maximum atomic E-state index is 12.6. The molecule has 2 amide bonds. The van der Waals surface area contributed by atoms with Gasteiger partial charge in [-0.2, -0.15) is 0 Å². The predicted molar refractivity (Wildman–Crippen MR) is 132 cm³/mol. The van der Waals surface area contributed by atoms with Crippen LogP contribution in [-0.4, -0.2) is 11.0 Å². The molecule has 2 N–H and O–H groups in total. The Bertz CT molecular complexity index is 1230. The van der Waals surface area contributed by atoms with Crippen molar-refractivity contribution in [1.82, 2.24) is 4.98 Å². The summed E-state index contributed by atoms with van der Waals surface area (Å²) < 4.78 is 17.0. The maximum absolute atomic E-state index is 12.6. The van der Waals surface area contributed by atoms with Crippen LogP contribution in [0.25, 0.3) is 0 Å². The summed E-state index contributed by atoms with van der Waals surface area (Å²) in [6, 6.07) is 21.6. The Hall–Kier alpha value is -4.26. The molecule has 0 spiro atoms. The highest BCUT2D eigenvalue weighted by atomic mass is 16.5. The van der Waals surface area contributed by atoms with Gasteiger partial charge in [0, 0.05) is 17.4 Å². The third-order valence-corrected chi connectivity index (χ3v) is 4.99. The fourth-order valence-electron chi connectivity index (χ4n) is 3.31. The number of nitrogens with zero attached hydrogens (tertiary/aromatic N) is 1. The Labute approximate surface area is 198 Å². The van der Waals surface area contributed by atoms with Crippen molar-refractivity contribution in [2.45, 2.75) is 32.8 Å². The molecule has 0 saturated carbocycles. The number of carbonyl (C=O) groups excluding carboxylic acids is 1. The van der Waals surface area contributed by atoms with Crippen LogP contribution in [0.15, 0.2) is 89.7 Å². The van der Waals surface area contributed by atoms with Gasteiger partial charge in [0.15, 0.2) is 0 Å². The average Bonchev–Trinajstić information content (AvgIpc) is 3.33. The van der Waals surface area contributed by atoms with Gasteiger partial charge in [-0.25, -0.2) is 9.78 Å². The second-order valence-corrected chi connectivity index (χ2v) is 8.68. The quantitative estimate of drug-likeness (QED) is 0.312. The van der Waals surface area contributed by atoms with Gasteiger partial charge in [0.1, 0.15) is 29.6 Å². The van der Waals surface area contributed by atoms with Crippen LogP contribution in [0.3, 0.4) is 0 Å². The molecular weight excluding hydrogens is 430 g/mol. The number of urea groups is 1. The van der Waals surface area contributed by atoms with Crippen molar-refractivity contribution in [1.29, 1.82) is 0 Å². The lowest BCUT2D eigenvalue weighted by molar-refractivity contribution is 0.262. The number of pyridine rings is 1. The van der Waals surface area contributed by atoms with E-state index in [9.17, 15) is 4.79 Å². The van der Waals surface area contributed by atoms with Crippen molar-refractivity contribution in [2.24, 2.45) is 0 Å². The normalized spacial score (nSPS) is 11.0. The first-order chi connectivity index (χ1) is 16.4. The molecule has 2 aromatic carbocycles. The Balaban J connectivity index is 1.40. The minimum Gasteiger partial charge on any atom is -0.486 e. The van der Waals surface area contributed by atoms with Crippen molar-refractivity contribution in [3.63, 3.8) is 0 Å². The van der Waals surface area contributed by atoms with Crippen LogP contribution in [0.5, 0.6) is 17.4 Å². The number of benzene rings is 2. The average molecular weight is 458 g/mol. The molecule has 4 aromatic rings. The first kappa shape index (κ1) is 22.9. The van der Waals surface area contributed by atoms with Crippen molar-refractivity contribution in [2.75, 3.05) is 10.6 Å². The largest absolute Gasteiger partial charge is 0.486 e. The molecule has 0 aliphatic rings. The number of amides is 2. The summed E-state index contributed by atoms with van der Waals surface area (Å²) in [5.74, 6) is 2.42. The van der Waals surface area contributed by atoms with Crippen LogP contribution in [-0.2, 0) is 12.0 Å². The van der Waals surface area contributed by atoms with Crippen molar-refractivity contribution < 1.29 is 18.7 Å². The second-order valence-electron chi connectivity index (χ2n) is 8.68. The van der Waals surface area contributed by atoms with E-state index >= 15 is 0 Å². The molecule has 0 saturated heterocycles. The van der Waals surface area contributed by atoms with Gasteiger partial charge in [-0.15, -0.1) is 0 Å². The number of furan rings is 1. The molecule has 0 aliphatic carbocycles. The van der Waals surface area contributed by atoms with Crippen molar-refractivity contribution in [3.05, 3.63) is 96.6 Å². The third-order valence-electron chi connectivity index (χ3n) is 4.99. The Morgan fingerprint density at radius 1 is 0.941 bits per heavy atom. The van der Waals surface area contributed by atoms with E-state index in [1.54, 1.807) is 48.9 Å². The first-order valence-electron chi connectivity index (χ1n) is 10.9. The standard InChI is InChI=1S/C27H27N3O4/c1-27(2,3)22-9-4-5-11-24(22)34-25-23(10-6-16-28-25)30-26(31)29-19-12-14-20(15-13-19)33-18-21-8-7-17-32-21/h4-17H,18H2,1-3H3,(H2,29,30,31). The van der Waals surface area contributed by atoms with Crippen molar-refractivity contribution in [3.8, 4) is 17.4 Å². The Kier molecular flexibility index (Phi) is 6.82. The monoisotopic (exact) mass is 457 g/mol. The molecule has 0 unspecified atom stereocenters. The Morgan fingerprint density at radius 2 is 1.74 bits per heavy atom. The van der Waals surface area contributed by atoms with Crippen LogP contribution < -0.4 is 20.1 Å². The number of aromatic nitrogens is 1. The molecule has 34 heavy (non-hydrogen) atoms. The summed E-state index contributed by atoms with van der Waals surface area (Å²) in [6.45, 7) is 6.69. The lowest BCUT2D eigenvalue weighted by atomic mass is 9.86. The van der Waals surface area contributed by atoms with E-state index in [-0.39, 0.29) is 5.41 Å². The minimum absolute atomic E-state index is 0.107. The van der Waals surface area contributed by atoms with Gasteiger partial charge in [0.05, 0.1) is 6.26 Å². The van der Waals surface area contributed by atoms with Gasteiger partial charge in [-0.3, -0.25) is 0 Å². The lowest BCUT2D eigenvalue weighted by Gasteiger charge is -2.22. The number of hydrogen-bond donors (Lipinski definition) is 2. The predicted octanol–water partition coefficient (Wildman–Crippen LogP) is 6.99. The molecule has 0 atom stereocenters. The molecule has 4 rings (SSSR count). The molecular formula is C27H27N3O4. The zero-order valence-electron chi connectivity index (χ0n) is 19.4. The SMILES string of the molecule is CC(C)(C)c1ccccc1Oc1ncccc1NC(=O)Nc1ccc(OCc2ccco2)cc1. The minimum atomic E-state index is -0.411. The van der Waals surface area contributed by atoms with Crippen molar-refractivity contribution >= 4 is 17.4 Å². The van der Waals surface area contributed by atoms with Crippen LogP contribution in [0.1, 0.15) is 32.1 Å². The highest BCUT2D eigenvalue weighted by Gasteiger charge is 2.20. The highest BCUT2D eigenvalue weighted by molar-refractivity contribution is 6.00. The number of rotatable bonds is 7. The Morgan fingerprint density at radius 3 is 2.47 bits per heavy atom. The summed E-state index contributed by atoms with van der Waals surface area (Å²) in [5, 5.41) is 5.62. The molecule has 0 bridgehead atoms. The number of anilines is 2. The fourth-order valence-corrected chi connectivity index (χ4v) is 3.31. The molecule has 2 aromatic heterocycles. The molecule has 0 fully saturated rings. The van der Waals surface area contributed by atoms with E-state index in [0.29, 0.717) is 35.4 Å². The molecule has 7 nitrogen and oxygen atoms in total. The van der Waals surface area contributed by atoms with Crippen LogP contribution >= 0.6 is 0 Å². The van der Waals surface area contributed by atoms with E-state index < -0.39 is 6.03 Å². The van der Waals surface area contributed by atoms with Gasteiger partial charge in [0.25, 0.3) is 0 Å². The van der Waals surface area contributed by atoms with E-state index in [1.807, 2.05) is 36.4 Å². The van der Waals surface area contributed by atoms with E-state index in [0.717, 1.165) is 11.3 Å². The second kappa shape index (κ2) is 10.1. The first-order valence-corrected chi connectivity index (χ1v) is 10.9. The van der Waals surface area contributed by atoms with Gasteiger partial charge in [0.2, 0.25) is 5.88 Å². The smallest absolute Gasteiger partial charge is 0.323 e. The summed E-state index contributed by atoms with van der Waals surface area (Å²) in [4.78, 5) is 17.0. The van der Waals surface area contributed by atoms with Crippen LogP contribution in [0, 0.1) is 0 Å². The zero-order chi connectivity index (χ0) is 24.0. The van der Waals surface area contributed by atoms with E-state index in [1.165, 1.54) is 0 Å². The molecule has 174 valence electrons. The zero-order valence-corrected chi connectivity index (χ0v) is 19.4. The van der Waals surface area contributed by atoms with E-state index in [2.05, 4.69) is 36.4 Å². The van der Waals surface area contributed by atoms with E-state index in [4.69, 9.17) is 13.9 Å². The number of hydrogen-bond acceptors (Lipinski definition) is 5. The van der Waals surface area contributed by atoms with Crippen LogP contribution in [0.4, 0.5) is 16.2 Å². The van der Waals surface area contributed by atoms with Gasteiger partial charge < -0.3 is 24.5 Å². The number of nitrogens with one attached hydrogen (secondary N) is 2. The molecule has 7 heteroatoms. The summed E-state index contributed by atoms with van der Waals surface area (Å²) in [5.41, 5.74) is 2.02. The maximum Gasteiger partial charge on any atom is 0.323 e. The van der Waals surface area contributed by atoms with Gasteiger partial charge >= 0.3 is 6.03 Å². The third kappa shape index (κ3) is 5.95. The number of para-hydroxylation sites is 1. The topological polar surface area (TPSA) is 85.6 Å². The summed E-state index contributed by atoms with van der Waals surface area (Å²) in [7, 11) is 0. The fraction of sp³-hybridized carbons (Fsp3) is 0.185.